The Morgan fingerprint density at radius 3 is 2.75 bits per heavy atom. The molecule has 0 aromatic heterocycles. The number of hydrogen-bond acceptors (Lipinski definition) is 2. The minimum atomic E-state index is 0.367. The van der Waals surface area contributed by atoms with E-state index in [1.807, 2.05) is 0 Å². The molecule has 2 rings (SSSR count). The van der Waals surface area contributed by atoms with Gasteiger partial charge in [0.2, 0.25) is 0 Å². The molecule has 0 spiro atoms. The maximum atomic E-state index is 3.79. The summed E-state index contributed by atoms with van der Waals surface area (Å²) in [6, 6.07) is 0.712. The van der Waals surface area contributed by atoms with Crippen LogP contribution in [0.2, 0.25) is 0 Å². The van der Waals surface area contributed by atoms with Crippen LogP contribution in [0.3, 0.4) is 0 Å². The van der Waals surface area contributed by atoms with Gasteiger partial charge in [-0.15, -0.1) is 0 Å². The van der Waals surface area contributed by atoms with Gasteiger partial charge < -0.3 is 5.32 Å². The van der Waals surface area contributed by atoms with Crippen molar-refractivity contribution in [2.45, 2.75) is 51.6 Å². The summed E-state index contributed by atoms with van der Waals surface area (Å²) in [5.74, 6) is 0.922. The first-order valence-electron chi connectivity index (χ1n) is 6.76. The summed E-state index contributed by atoms with van der Waals surface area (Å²) in [5.41, 5.74) is 0.367. The first kappa shape index (κ1) is 12.1. The first-order valence-corrected chi connectivity index (χ1v) is 6.76. The predicted octanol–water partition coefficient (Wildman–Crippen LogP) is 2.42. The fourth-order valence-electron chi connectivity index (χ4n) is 2.86. The van der Waals surface area contributed by atoms with Crippen molar-refractivity contribution in [3.63, 3.8) is 0 Å². The van der Waals surface area contributed by atoms with E-state index in [0.717, 1.165) is 12.5 Å². The van der Waals surface area contributed by atoms with Crippen molar-refractivity contribution in [1.29, 1.82) is 0 Å². The SMILES string of the molecule is C/C=C/CN1CC(C)(C2CC2)NCCC1C. The van der Waals surface area contributed by atoms with Gasteiger partial charge in [0.1, 0.15) is 0 Å². The Morgan fingerprint density at radius 1 is 1.38 bits per heavy atom. The normalized spacial score (nSPS) is 37.8. The zero-order valence-corrected chi connectivity index (χ0v) is 11.0. The fourth-order valence-corrected chi connectivity index (χ4v) is 2.86. The summed E-state index contributed by atoms with van der Waals surface area (Å²) in [6.45, 7) is 10.4. The minimum absolute atomic E-state index is 0.367. The van der Waals surface area contributed by atoms with E-state index in [0.29, 0.717) is 11.6 Å². The minimum Gasteiger partial charge on any atom is -0.310 e. The van der Waals surface area contributed by atoms with Crippen LogP contribution in [0.4, 0.5) is 0 Å². The van der Waals surface area contributed by atoms with Gasteiger partial charge in [0, 0.05) is 24.7 Å². The van der Waals surface area contributed by atoms with Gasteiger partial charge >= 0.3 is 0 Å². The summed E-state index contributed by atoms with van der Waals surface area (Å²) < 4.78 is 0. The van der Waals surface area contributed by atoms with E-state index < -0.39 is 0 Å². The van der Waals surface area contributed by atoms with Crippen LogP contribution in [0.1, 0.15) is 40.0 Å². The molecule has 2 aliphatic rings. The van der Waals surface area contributed by atoms with Crippen LogP contribution in [-0.4, -0.2) is 36.1 Å². The number of allylic oxidation sites excluding steroid dienone is 1. The van der Waals surface area contributed by atoms with Crippen molar-refractivity contribution in [3.8, 4) is 0 Å². The second kappa shape index (κ2) is 4.89. The highest BCUT2D eigenvalue weighted by atomic mass is 15.2. The van der Waals surface area contributed by atoms with Crippen molar-refractivity contribution in [1.82, 2.24) is 10.2 Å². The van der Waals surface area contributed by atoms with E-state index in [-0.39, 0.29) is 0 Å². The topological polar surface area (TPSA) is 15.3 Å². The lowest BCUT2D eigenvalue weighted by Gasteiger charge is -2.35. The van der Waals surface area contributed by atoms with Crippen LogP contribution in [0.15, 0.2) is 12.2 Å². The van der Waals surface area contributed by atoms with Gasteiger partial charge in [0.05, 0.1) is 0 Å². The molecular formula is C14H26N2. The molecule has 1 saturated heterocycles. The number of nitrogens with one attached hydrogen (secondary N) is 1. The summed E-state index contributed by atoms with van der Waals surface area (Å²) in [4.78, 5) is 2.64. The van der Waals surface area contributed by atoms with Crippen LogP contribution in [0.5, 0.6) is 0 Å². The lowest BCUT2D eigenvalue weighted by Crippen LogP contribution is -2.51. The largest absolute Gasteiger partial charge is 0.310 e. The summed E-state index contributed by atoms with van der Waals surface area (Å²) in [5, 5.41) is 3.79. The fraction of sp³-hybridized carbons (Fsp3) is 0.857. The molecule has 2 atom stereocenters. The average molecular weight is 222 g/mol. The van der Waals surface area contributed by atoms with Crippen LogP contribution < -0.4 is 5.32 Å². The van der Waals surface area contributed by atoms with Crippen LogP contribution >= 0.6 is 0 Å². The van der Waals surface area contributed by atoms with Crippen LogP contribution in [-0.2, 0) is 0 Å². The van der Waals surface area contributed by atoms with Crippen molar-refractivity contribution in [2.75, 3.05) is 19.6 Å². The molecule has 92 valence electrons. The van der Waals surface area contributed by atoms with Gasteiger partial charge in [-0.3, -0.25) is 4.90 Å². The smallest absolute Gasteiger partial charge is 0.0308 e. The molecule has 2 heteroatoms. The first-order chi connectivity index (χ1) is 7.65. The number of rotatable bonds is 3. The lowest BCUT2D eigenvalue weighted by atomic mass is 9.95. The molecule has 0 bridgehead atoms. The maximum Gasteiger partial charge on any atom is 0.0308 e. The Balaban J connectivity index is 2.02. The third-order valence-electron chi connectivity index (χ3n) is 4.30. The van der Waals surface area contributed by atoms with Crippen molar-refractivity contribution < 1.29 is 0 Å². The molecule has 0 amide bonds. The van der Waals surface area contributed by atoms with Gasteiger partial charge in [0.15, 0.2) is 0 Å². The molecule has 2 unspecified atom stereocenters. The molecule has 0 radical (unpaired) electrons. The summed E-state index contributed by atoms with van der Waals surface area (Å²) >= 11 is 0. The highest BCUT2D eigenvalue weighted by molar-refractivity contribution is 5.02. The van der Waals surface area contributed by atoms with Crippen molar-refractivity contribution in [2.24, 2.45) is 5.92 Å². The molecule has 2 nitrogen and oxygen atoms in total. The maximum absolute atomic E-state index is 3.79. The number of hydrogen-bond donors (Lipinski definition) is 1. The van der Waals surface area contributed by atoms with E-state index in [1.54, 1.807) is 0 Å². The Bertz CT molecular complexity index is 257. The monoisotopic (exact) mass is 222 g/mol. The highest BCUT2D eigenvalue weighted by Gasteiger charge is 2.43. The van der Waals surface area contributed by atoms with E-state index >= 15 is 0 Å². The van der Waals surface area contributed by atoms with Crippen LogP contribution in [0.25, 0.3) is 0 Å². The standard InChI is InChI=1S/C14H26N2/c1-4-5-10-16-11-14(3,13-6-7-13)15-9-8-12(16)2/h4-5,12-13,15H,6-11H2,1-3H3/b5-4+. The molecule has 0 aromatic rings. The quantitative estimate of drug-likeness (QED) is 0.738. The number of nitrogens with zero attached hydrogens (tertiary/aromatic N) is 1. The highest BCUT2D eigenvalue weighted by Crippen LogP contribution is 2.40. The van der Waals surface area contributed by atoms with Gasteiger partial charge in [0.25, 0.3) is 0 Å². The molecular weight excluding hydrogens is 196 g/mol. The summed E-state index contributed by atoms with van der Waals surface area (Å²) in [6.07, 6.45) is 8.58. The second-order valence-corrected chi connectivity index (χ2v) is 5.75. The summed E-state index contributed by atoms with van der Waals surface area (Å²) in [7, 11) is 0. The van der Waals surface area contributed by atoms with Crippen LogP contribution in [0, 0.1) is 5.92 Å². The molecule has 1 aliphatic carbocycles. The molecule has 0 aromatic carbocycles. The Labute approximate surface area is 100 Å². The zero-order chi connectivity index (χ0) is 11.6. The zero-order valence-electron chi connectivity index (χ0n) is 11.0. The third kappa shape index (κ3) is 2.67. The molecule has 2 fully saturated rings. The Hall–Kier alpha value is -0.340. The van der Waals surface area contributed by atoms with Crippen molar-refractivity contribution >= 4 is 0 Å². The van der Waals surface area contributed by atoms with E-state index in [2.05, 4.69) is 43.1 Å². The Kier molecular flexibility index (Phi) is 3.70. The molecule has 1 aliphatic heterocycles. The molecule has 1 N–H and O–H groups in total. The second-order valence-electron chi connectivity index (χ2n) is 5.75. The predicted molar refractivity (Wildman–Crippen MR) is 69.6 cm³/mol. The third-order valence-corrected chi connectivity index (χ3v) is 4.30. The van der Waals surface area contributed by atoms with E-state index in [1.165, 1.54) is 32.4 Å². The Morgan fingerprint density at radius 2 is 2.12 bits per heavy atom. The molecule has 1 heterocycles. The van der Waals surface area contributed by atoms with Gasteiger partial charge in [-0.1, -0.05) is 12.2 Å². The lowest BCUT2D eigenvalue weighted by molar-refractivity contribution is 0.178. The molecule has 1 saturated carbocycles. The van der Waals surface area contributed by atoms with Gasteiger partial charge in [-0.25, -0.2) is 0 Å². The van der Waals surface area contributed by atoms with Gasteiger partial charge in [-0.2, -0.15) is 0 Å². The van der Waals surface area contributed by atoms with E-state index in [4.69, 9.17) is 0 Å². The molecule has 16 heavy (non-hydrogen) atoms. The van der Waals surface area contributed by atoms with Gasteiger partial charge in [-0.05, 0) is 52.5 Å². The van der Waals surface area contributed by atoms with Crippen molar-refractivity contribution in [3.05, 3.63) is 12.2 Å². The van der Waals surface area contributed by atoms with E-state index in [9.17, 15) is 0 Å². The average Bonchev–Trinajstić information content (AvgIpc) is 3.06.